The average Bonchev–Trinajstić information content (AvgIpc) is 2.38. The monoisotopic (exact) mass is 288 g/mol. The maximum atomic E-state index is 12.5. The fourth-order valence-corrected chi connectivity index (χ4v) is 2.15. The van der Waals surface area contributed by atoms with Crippen LogP contribution >= 0.6 is 0 Å². The Hall–Kier alpha value is -1.34. The van der Waals surface area contributed by atoms with E-state index in [9.17, 15) is 9.59 Å². The number of carboxylic acids is 1. The van der Waals surface area contributed by atoms with E-state index in [1.165, 1.54) is 0 Å². The van der Waals surface area contributed by atoms with Gasteiger partial charge in [0.2, 0.25) is 0 Å². The summed E-state index contributed by atoms with van der Waals surface area (Å²) in [4.78, 5) is 26.4. The molecule has 0 spiro atoms. The Kier molecular flexibility index (Phi) is 6.22. The predicted molar refractivity (Wildman–Crippen MR) is 72.5 cm³/mol. The number of urea groups is 1. The van der Waals surface area contributed by atoms with Crippen molar-refractivity contribution in [2.75, 3.05) is 26.3 Å². The van der Waals surface area contributed by atoms with Crippen molar-refractivity contribution in [1.29, 1.82) is 0 Å². The highest BCUT2D eigenvalue weighted by molar-refractivity contribution is 5.76. The molecule has 2 atom stereocenters. The third-order valence-corrected chi connectivity index (χ3v) is 3.39. The molecule has 2 unspecified atom stereocenters. The van der Waals surface area contributed by atoms with Gasteiger partial charge < -0.3 is 24.7 Å². The summed E-state index contributed by atoms with van der Waals surface area (Å²) in [6.45, 7) is 6.34. The molecule has 1 aliphatic rings. The molecule has 2 amide bonds. The van der Waals surface area contributed by atoms with Crippen molar-refractivity contribution in [2.24, 2.45) is 0 Å². The van der Waals surface area contributed by atoms with Gasteiger partial charge in [-0.3, -0.25) is 4.79 Å². The van der Waals surface area contributed by atoms with Gasteiger partial charge in [0.1, 0.15) is 0 Å². The van der Waals surface area contributed by atoms with Gasteiger partial charge in [-0.2, -0.15) is 0 Å². The van der Waals surface area contributed by atoms with Gasteiger partial charge in [-0.25, -0.2) is 4.79 Å². The van der Waals surface area contributed by atoms with Crippen LogP contribution in [0.2, 0.25) is 0 Å². The molecule has 1 saturated heterocycles. The lowest BCUT2D eigenvalue weighted by molar-refractivity contribution is -0.137. The van der Waals surface area contributed by atoms with Gasteiger partial charge in [-0.1, -0.05) is 0 Å². The lowest BCUT2D eigenvalue weighted by Gasteiger charge is -2.41. The summed E-state index contributed by atoms with van der Waals surface area (Å²) in [7, 11) is 0. The molecule has 1 rings (SSSR count). The van der Waals surface area contributed by atoms with Gasteiger partial charge in [0.05, 0.1) is 38.3 Å². The molecule has 0 aromatic rings. The molecule has 0 aliphatic carbocycles. The number of aliphatic hydroxyl groups excluding tert-OH is 1. The van der Waals surface area contributed by atoms with Gasteiger partial charge in [-0.15, -0.1) is 0 Å². The Morgan fingerprint density at radius 3 is 2.60 bits per heavy atom. The van der Waals surface area contributed by atoms with Crippen molar-refractivity contribution >= 4 is 12.0 Å². The summed E-state index contributed by atoms with van der Waals surface area (Å²) in [5, 5.41) is 17.9. The van der Waals surface area contributed by atoms with E-state index in [4.69, 9.17) is 14.9 Å². The van der Waals surface area contributed by atoms with Crippen molar-refractivity contribution in [3.05, 3.63) is 0 Å². The molecule has 0 saturated carbocycles. The van der Waals surface area contributed by atoms with Crippen LogP contribution in [0.25, 0.3) is 0 Å². The number of hydrogen-bond acceptors (Lipinski definition) is 4. The van der Waals surface area contributed by atoms with Crippen LogP contribution in [0.1, 0.15) is 27.2 Å². The topological polar surface area (TPSA) is 90.3 Å². The van der Waals surface area contributed by atoms with Gasteiger partial charge in [-0.05, 0) is 20.8 Å². The van der Waals surface area contributed by atoms with E-state index in [1.54, 1.807) is 9.80 Å². The standard InChI is InChI=1S/C13H24N2O5/c1-9(2)14(5-4-12(17)18)13(19)15-6-11(7-16)20-8-10(15)3/h9-11,16H,4-8H2,1-3H3,(H,17,18). The highest BCUT2D eigenvalue weighted by Gasteiger charge is 2.32. The largest absolute Gasteiger partial charge is 0.481 e. The normalized spacial score (nSPS) is 22.9. The third kappa shape index (κ3) is 4.35. The van der Waals surface area contributed by atoms with E-state index in [-0.39, 0.29) is 43.8 Å². The number of carbonyl (C=O) groups is 2. The summed E-state index contributed by atoms with van der Waals surface area (Å²) in [5.74, 6) is -0.924. The minimum atomic E-state index is -0.924. The van der Waals surface area contributed by atoms with Gasteiger partial charge in [0, 0.05) is 12.6 Å². The van der Waals surface area contributed by atoms with E-state index in [0.29, 0.717) is 13.2 Å². The minimum Gasteiger partial charge on any atom is -0.481 e. The quantitative estimate of drug-likeness (QED) is 0.763. The number of morpholine rings is 1. The number of nitrogens with zero attached hydrogens (tertiary/aromatic N) is 2. The van der Waals surface area contributed by atoms with Crippen molar-refractivity contribution in [2.45, 2.75) is 45.4 Å². The van der Waals surface area contributed by atoms with Crippen molar-refractivity contribution in [3.8, 4) is 0 Å². The highest BCUT2D eigenvalue weighted by Crippen LogP contribution is 2.15. The Morgan fingerprint density at radius 2 is 2.10 bits per heavy atom. The summed E-state index contributed by atoms with van der Waals surface area (Å²) in [5.41, 5.74) is 0. The molecule has 116 valence electrons. The van der Waals surface area contributed by atoms with E-state index >= 15 is 0 Å². The number of rotatable bonds is 5. The van der Waals surface area contributed by atoms with E-state index in [0.717, 1.165) is 0 Å². The SMILES string of the molecule is CC(C)N(CCC(=O)O)C(=O)N1CC(CO)OCC1C. The molecular formula is C13H24N2O5. The first-order chi connectivity index (χ1) is 9.36. The summed E-state index contributed by atoms with van der Waals surface area (Å²) in [6, 6.07) is -0.364. The summed E-state index contributed by atoms with van der Waals surface area (Å²) in [6.07, 6.45) is -0.449. The number of amides is 2. The van der Waals surface area contributed by atoms with Crippen molar-refractivity contribution in [3.63, 3.8) is 0 Å². The van der Waals surface area contributed by atoms with Crippen LogP contribution in [0.3, 0.4) is 0 Å². The number of carbonyl (C=O) groups excluding carboxylic acids is 1. The second-order valence-electron chi connectivity index (χ2n) is 5.35. The first-order valence-electron chi connectivity index (χ1n) is 6.88. The number of aliphatic hydroxyl groups is 1. The first kappa shape index (κ1) is 16.7. The van der Waals surface area contributed by atoms with Gasteiger partial charge in [0.25, 0.3) is 0 Å². The van der Waals surface area contributed by atoms with Crippen molar-refractivity contribution < 1.29 is 24.5 Å². The Labute approximate surface area is 119 Å². The molecule has 2 N–H and O–H groups in total. The van der Waals surface area contributed by atoms with Crippen LogP contribution in [0.4, 0.5) is 4.79 Å². The molecule has 0 aromatic carbocycles. The number of carboxylic acid groups (broad SMARTS) is 1. The number of hydrogen-bond donors (Lipinski definition) is 2. The van der Waals surface area contributed by atoms with Crippen LogP contribution in [-0.4, -0.2) is 76.5 Å². The van der Waals surface area contributed by atoms with E-state index in [2.05, 4.69) is 0 Å². The predicted octanol–water partition coefficient (Wildman–Crippen LogP) is 0.373. The molecule has 1 heterocycles. The first-order valence-corrected chi connectivity index (χ1v) is 6.88. The maximum absolute atomic E-state index is 12.5. The van der Waals surface area contributed by atoms with Crippen LogP contribution < -0.4 is 0 Å². The van der Waals surface area contributed by atoms with E-state index < -0.39 is 5.97 Å². The zero-order valence-electron chi connectivity index (χ0n) is 12.3. The third-order valence-electron chi connectivity index (χ3n) is 3.39. The van der Waals surface area contributed by atoms with Crippen molar-refractivity contribution in [1.82, 2.24) is 9.80 Å². The fraction of sp³-hybridized carbons (Fsp3) is 0.846. The molecule has 1 aliphatic heterocycles. The summed E-state index contributed by atoms with van der Waals surface area (Å²) < 4.78 is 5.40. The average molecular weight is 288 g/mol. The maximum Gasteiger partial charge on any atom is 0.320 e. The number of ether oxygens (including phenoxy) is 1. The van der Waals surface area contributed by atoms with Crippen LogP contribution in [0.15, 0.2) is 0 Å². The minimum absolute atomic E-state index is 0.0773. The zero-order valence-corrected chi connectivity index (χ0v) is 12.3. The van der Waals surface area contributed by atoms with Crippen LogP contribution in [-0.2, 0) is 9.53 Å². The highest BCUT2D eigenvalue weighted by atomic mass is 16.5. The lowest BCUT2D eigenvalue weighted by atomic mass is 10.2. The van der Waals surface area contributed by atoms with Crippen LogP contribution in [0.5, 0.6) is 0 Å². The molecule has 7 nitrogen and oxygen atoms in total. The fourth-order valence-electron chi connectivity index (χ4n) is 2.15. The van der Waals surface area contributed by atoms with Gasteiger partial charge in [0.15, 0.2) is 0 Å². The lowest BCUT2D eigenvalue weighted by Crippen LogP contribution is -2.57. The molecule has 7 heteroatoms. The Bertz CT molecular complexity index is 348. The molecular weight excluding hydrogens is 264 g/mol. The molecule has 0 bridgehead atoms. The summed E-state index contributed by atoms with van der Waals surface area (Å²) >= 11 is 0. The Morgan fingerprint density at radius 1 is 1.45 bits per heavy atom. The second kappa shape index (κ2) is 7.44. The molecule has 0 aromatic heterocycles. The number of aliphatic carboxylic acids is 1. The molecule has 0 radical (unpaired) electrons. The van der Waals surface area contributed by atoms with Gasteiger partial charge >= 0.3 is 12.0 Å². The second-order valence-corrected chi connectivity index (χ2v) is 5.35. The molecule has 1 fully saturated rings. The van der Waals surface area contributed by atoms with Crippen LogP contribution in [0, 0.1) is 0 Å². The van der Waals surface area contributed by atoms with E-state index in [1.807, 2.05) is 20.8 Å². The molecule has 20 heavy (non-hydrogen) atoms. The zero-order chi connectivity index (χ0) is 15.3. The smallest absolute Gasteiger partial charge is 0.320 e. The Balaban J connectivity index is 2.73.